The average molecular weight is 289 g/mol. The van der Waals surface area contributed by atoms with Gasteiger partial charge in [0, 0.05) is 33.4 Å². The van der Waals surface area contributed by atoms with Crippen LogP contribution in [0.2, 0.25) is 0 Å². The Morgan fingerprint density at radius 1 is 1.29 bits per heavy atom. The maximum Gasteiger partial charge on any atom is 0.227 e. The van der Waals surface area contributed by atoms with Crippen LogP contribution in [0.4, 0.5) is 5.95 Å². The van der Waals surface area contributed by atoms with Gasteiger partial charge in [-0.3, -0.25) is 4.57 Å². The molecule has 1 atom stereocenters. The van der Waals surface area contributed by atoms with Gasteiger partial charge in [0.25, 0.3) is 0 Å². The van der Waals surface area contributed by atoms with Crippen LogP contribution in [0.3, 0.4) is 0 Å². The van der Waals surface area contributed by atoms with Crippen molar-refractivity contribution in [3.63, 3.8) is 0 Å². The lowest BCUT2D eigenvalue weighted by Crippen LogP contribution is -2.25. The molecule has 0 radical (unpaired) electrons. The first kappa shape index (κ1) is 14.1. The normalized spacial score (nSPS) is 16.6. The van der Waals surface area contributed by atoms with Crippen LogP contribution in [0.15, 0.2) is 18.3 Å². The molecule has 0 spiro atoms. The van der Waals surface area contributed by atoms with Crippen molar-refractivity contribution in [1.82, 2.24) is 19.3 Å². The minimum Gasteiger partial charge on any atom is -0.380 e. The lowest BCUT2D eigenvalue weighted by molar-refractivity contribution is 0.104. The van der Waals surface area contributed by atoms with Gasteiger partial charge >= 0.3 is 0 Å². The predicted octanol–water partition coefficient (Wildman–Crippen LogP) is 1.92. The molecule has 1 fully saturated rings. The van der Waals surface area contributed by atoms with E-state index in [1.807, 2.05) is 19.3 Å². The molecule has 21 heavy (non-hydrogen) atoms. The standard InChI is InChI=1S/C15H23N5O/c1-12(21-3)11-20-14(13-7-6-8-18(13)2)16-17-15(20)19-9-4-5-10-19/h6-8,12H,4-5,9-11H2,1-3H3. The Morgan fingerprint density at radius 3 is 2.67 bits per heavy atom. The van der Waals surface area contributed by atoms with Gasteiger partial charge in [-0.05, 0) is 31.9 Å². The predicted molar refractivity (Wildman–Crippen MR) is 82.3 cm³/mol. The fourth-order valence-corrected chi connectivity index (χ4v) is 2.83. The Hall–Kier alpha value is -1.82. The van der Waals surface area contributed by atoms with Crippen LogP contribution in [-0.2, 0) is 18.3 Å². The lowest BCUT2D eigenvalue weighted by Gasteiger charge is -2.20. The molecule has 3 heterocycles. The number of anilines is 1. The van der Waals surface area contributed by atoms with Crippen LogP contribution in [0.5, 0.6) is 0 Å². The summed E-state index contributed by atoms with van der Waals surface area (Å²) in [5, 5.41) is 8.90. The van der Waals surface area contributed by atoms with E-state index in [0.29, 0.717) is 0 Å². The molecule has 0 N–H and O–H groups in total. The second-order valence-corrected chi connectivity index (χ2v) is 5.68. The first-order valence-electron chi connectivity index (χ1n) is 7.53. The number of ether oxygens (including phenoxy) is 1. The number of nitrogens with zero attached hydrogens (tertiary/aromatic N) is 5. The highest BCUT2D eigenvalue weighted by atomic mass is 16.5. The second kappa shape index (κ2) is 5.89. The van der Waals surface area contributed by atoms with E-state index in [1.54, 1.807) is 7.11 Å². The molecular formula is C15H23N5O. The molecule has 6 heteroatoms. The summed E-state index contributed by atoms with van der Waals surface area (Å²) in [7, 11) is 3.77. The topological polar surface area (TPSA) is 48.1 Å². The fourth-order valence-electron chi connectivity index (χ4n) is 2.83. The van der Waals surface area contributed by atoms with E-state index in [-0.39, 0.29) is 6.10 Å². The number of hydrogen-bond acceptors (Lipinski definition) is 4. The number of aromatic nitrogens is 4. The third-order valence-corrected chi connectivity index (χ3v) is 4.14. The molecule has 0 aliphatic carbocycles. The number of aryl methyl sites for hydroxylation is 1. The zero-order valence-corrected chi connectivity index (χ0v) is 13.0. The van der Waals surface area contributed by atoms with E-state index in [4.69, 9.17) is 4.74 Å². The minimum absolute atomic E-state index is 0.126. The summed E-state index contributed by atoms with van der Waals surface area (Å²) in [5.74, 6) is 1.88. The number of hydrogen-bond donors (Lipinski definition) is 0. The van der Waals surface area contributed by atoms with Crippen molar-refractivity contribution in [1.29, 1.82) is 0 Å². The molecule has 0 amide bonds. The van der Waals surface area contributed by atoms with E-state index in [9.17, 15) is 0 Å². The molecule has 2 aromatic rings. The minimum atomic E-state index is 0.126. The molecule has 1 aliphatic rings. The first-order valence-corrected chi connectivity index (χ1v) is 7.53. The van der Waals surface area contributed by atoms with E-state index in [2.05, 4.69) is 37.2 Å². The third-order valence-electron chi connectivity index (χ3n) is 4.14. The van der Waals surface area contributed by atoms with E-state index in [1.165, 1.54) is 12.8 Å². The Morgan fingerprint density at radius 2 is 2.05 bits per heavy atom. The van der Waals surface area contributed by atoms with Crippen LogP contribution < -0.4 is 4.90 Å². The third kappa shape index (κ3) is 2.68. The van der Waals surface area contributed by atoms with E-state index < -0.39 is 0 Å². The van der Waals surface area contributed by atoms with Gasteiger partial charge in [0.05, 0.1) is 18.3 Å². The highest BCUT2D eigenvalue weighted by Gasteiger charge is 2.23. The summed E-state index contributed by atoms with van der Waals surface area (Å²) in [6.07, 6.45) is 4.61. The summed E-state index contributed by atoms with van der Waals surface area (Å²) in [5.41, 5.74) is 1.08. The van der Waals surface area contributed by atoms with Gasteiger partial charge in [-0.1, -0.05) is 0 Å². The second-order valence-electron chi connectivity index (χ2n) is 5.68. The monoisotopic (exact) mass is 289 g/mol. The Balaban J connectivity index is 2.01. The Bertz CT molecular complexity index is 597. The Labute approximate surface area is 125 Å². The summed E-state index contributed by atoms with van der Waals surface area (Å²) >= 11 is 0. The molecule has 6 nitrogen and oxygen atoms in total. The molecule has 0 saturated carbocycles. The van der Waals surface area contributed by atoms with Gasteiger partial charge in [-0.2, -0.15) is 0 Å². The van der Waals surface area contributed by atoms with Crippen molar-refractivity contribution in [3.8, 4) is 11.5 Å². The van der Waals surface area contributed by atoms with Crippen molar-refractivity contribution in [2.45, 2.75) is 32.4 Å². The highest BCUT2D eigenvalue weighted by Crippen LogP contribution is 2.25. The quantitative estimate of drug-likeness (QED) is 0.844. The number of methoxy groups -OCH3 is 1. The van der Waals surface area contributed by atoms with Crippen LogP contribution in [0.25, 0.3) is 11.5 Å². The zero-order chi connectivity index (χ0) is 14.8. The molecule has 0 bridgehead atoms. The SMILES string of the molecule is COC(C)Cn1c(-c2cccn2C)nnc1N1CCCC1. The zero-order valence-electron chi connectivity index (χ0n) is 13.0. The molecule has 1 aliphatic heterocycles. The molecular weight excluding hydrogens is 266 g/mol. The van der Waals surface area contributed by atoms with Crippen molar-refractivity contribution >= 4 is 5.95 Å². The molecule has 114 valence electrons. The summed E-state index contributed by atoms with van der Waals surface area (Å²) in [6, 6.07) is 4.11. The van der Waals surface area contributed by atoms with Crippen molar-refractivity contribution < 1.29 is 4.74 Å². The summed E-state index contributed by atoms with van der Waals surface area (Å²) < 4.78 is 9.71. The van der Waals surface area contributed by atoms with Gasteiger partial charge < -0.3 is 14.2 Å². The summed E-state index contributed by atoms with van der Waals surface area (Å²) in [4.78, 5) is 2.32. The van der Waals surface area contributed by atoms with Crippen LogP contribution in [0.1, 0.15) is 19.8 Å². The van der Waals surface area contributed by atoms with Crippen molar-refractivity contribution in [2.75, 3.05) is 25.1 Å². The fraction of sp³-hybridized carbons (Fsp3) is 0.600. The summed E-state index contributed by atoms with van der Waals surface area (Å²) in [6.45, 7) is 4.96. The van der Waals surface area contributed by atoms with Gasteiger partial charge in [-0.25, -0.2) is 0 Å². The smallest absolute Gasteiger partial charge is 0.227 e. The van der Waals surface area contributed by atoms with Crippen LogP contribution in [-0.4, -0.2) is 45.6 Å². The average Bonchev–Trinajstić information content (AvgIpc) is 3.18. The molecule has 0 aromatic carbocycles. The largest absolute Gasteiger partial charge is 0.380 e. The van der Waals surface area contributed by atoms with Crippen LogP contribution in [0, 0.1) is 0 Å². The van der Waals surface area contributed by atoms with Gasteiger partial charge in [0.15, 0.2) is 5.82 Å². The maximum atomic E-state index is 5.44. The van der Waals surface area contributed by atoms with Crippen molar-refractivity contribution in [3.05, 3.63) is 18.3 Å². The van der Waals surface area contributed by atoms with Gasteiger partial charge in [0.2, 0.25) is 5.95 Å². The lowest BCUT2D eigenvalue weighted by atomic mass is 10.3. The van der Waals surface area contributed by atoms with Crippen molar-refractivity contribution in [2.24, 2.45) is 7.05 Å². The molecule has 2 aromatic heterocycles. The maximum absolute atomic E-state index is 5.44. The van der Waals surface area contributed by atoms with E-state index >= 15 is 0 Å². The van der Waals surface area contributed by atoms with Gasteiger partial charge in [-0.15, -0.1) is 10.2 Å². The van der Waals surface area contributed by atoms with E-state index in [0.717, 1.165) is 37.1 Å². The Kier molecular flexibility index (Phi) is 3.96. The number of rotatable bonds is 5. The molecule has 3 rings (SSSR count). The van der Waals surface area contributed by atoms with Gasteiger partial charge in [0.1, 0.15) is 0 Å². The van der Waals surface area contributed by atoms with Crippen LogP contribution >= 0.6 is 0 Å². The molecule has 1 unspecified atom stereocenters. The highest BCUT2D eigenvalue weighted by molar-refractivity contribution is 5.54. The molecule has 1 saturated heterocycles. The first-order chi connectivity index (χ1) is 10.2.